The van der Waals surface area contributed by atoms with Gasteiger partial charge in [-0.2, -0.15) is 0 Å². The zero-order chi connectivity index (χ0) is 8.98. The van der Waals surface area contributed by atoms with Gasteiger partial charge in [-0.15, -0.1) is 0 Å². The maximum Gasteiger partial charge on any atom is 0.167 e. The molecule has 1 N–H and O–H groups in total. The summed E-state index contributed by atoms with van der Waals surface area (Å²) in [6.07, 6.45) is 2.92. The number of Topliss-reactive ketones (excluding diaryl/α,β-unsaturated/α-hetero) is 1. The number of ether oxygens (including phenoxy) is 1. The van der Waals surface area contributed by atoms with E-state index in [0.717, 1.165) is 0 Å². The highest BCUT2D eigenvalue weighted by Gasteiger charge is 2.52. The standard InChI is InChI=1S/C9H12O3/c1-8-3-4-9(2,12-8)7(11)6(10)5-8/h3-4,7,11H,5H2,1-2H3/t7-,8+,9-/m0/s1. The molecule has 0 aliphatic carbocycles. The Morgan fingerprint density at radius 2 is 2.25 bits per heavy atom. The van der Waals surface area contributed by atoms with Crippen molar-refractivity contribution in [2.24, 2.45) is 0 Å². The Labute approximate surface area is 71.0 Å². The average molecular weight is 168 g/mol. The molecule has 3 atom stereocenters. The number of hydrogen-bond donors (Lipinski definition) is 1. The van der Waals surface area contributed by atoms with Gasteiger partial charge in [0.05, 0.1) is 5.60 Å². The van der Waals surface area contributed by atoms with Crippen LogP contribution in [0.5, 0.6) is 0 Å². The van der Waals surface area contributed by atoms with Gasteiger partial charge in [-0.05, 0) is 13.8 Å². The Kier molecular flexibility index (Phi) is 1.31. The molecular formula is C9H12O3. The van der Waals surface area contributed by atoms with Gasteiger partial charge in [-0.1, -0.05) is 12.2 Å². The maximum atomic E-state index is 11.3. The fourth-order valence-electron chi connectivity index (χ4n) is 1.92. The number of hydrogen-bond acceptors (Lipinski definition) is 3. The lowest BCUT2D eigenvalue weighted by atomic mass is 9.90. The van der Waals surface area contributed by atoms with E-state index in [9.17, 15) is 9.90 Å². The first kappa shape index (κ1) is 7.95. The molecule has 1 fully saturated rings. The van der Waals surface area contributed by atoms with E-state index in [1.165, 1.54) is 0 Å². The molecule has 1 saturated heterocycles. The number of fused-ring (bicyclic) bond motifs is 2. The minimum atomic E-state index is -0.996. The van der Waals surface area contributed by atoms with Crippen LogP contribution in [0.4, 0.5) is 0 Å². The Hall–Kier alpha value is -0.670. The van der Waals surface area contributed by atoms with Crippen LogP contribution in [0.2, 0.25) is 0 Å². The van der Waals surface area contributed by atoms with Crippen LogP contribution < -0.4 is 0 Å². The first-order valence-electron chi connectivity index (χ1n) is 4.07. The van der Waals surface area contributed by atoms with Crippen LogP contribution >= 0.6 is 0 Å². The van der Waals surface area contributed by atoms with Crippen LogP contribution in [0.25, 0.3) is 0 Å². The predicted octanol–water partition coefficient (Wildman–Crippen LogP) is 0.424. The Balaban J connectivity index is 2.40. The number of carbonyl (C=O) groups is 1. The molecule has 2 aliphatic rings. The van der Waals surface area contributed by atoms with E-state index >= 15 is 0 Å². The van der Waals surface area contributed by atoms with Crippen molar-refractivity contribution in [3.05, 3.63) is 12.2 Å². The van der Waals surface area contributed by atoms with Crippen molar-refractivity contribution in [2.75, 3.05) is 0 Å². The molecule has 0 spiro atoms. The largest absolute Gasteiger partial charge is 0.382 e. The van der Waals surface area contributed by atoms with Gasteiger partial charge in [0.15, 0.2) is 5.78 Å². The lowest BCUT2D eigenvalue weighted by molar-refractivity contribution is -0.177. The second-order valence-corrected chi connectivity index (χ2v) is 3.98. The Bertz CT molecular complexity index is 271. The van der Waals surface area contributed by atoms with E-state index in [4.69, 9.17) is 4.74 Å². The van der Waals surface area contributed by atoms with Crippen LogP contribution in [0.3, 0.4) is 0 Å². The van der Waals surface area contributed by atoms with E-state index in [1.807, 2.05) is 13.0 Å². The van der Waals surface area contributed by atoms with Crippen LogP contribution in [0, 0.1) is 0 Å². The van der Waals surface area contributed by atoms with Crippen molar-refractivity contribution in [3.63, 3.8) is 0 Å². The summed E-state index contributed by atoms with van der Waals surface area (Å²) >= 11 is 0. The molecule has 3 nitrogen and oxygen atoms in total. The summed E-state index contributed by atoms with van der Waals surface area (Å²) in [4.78, 5) is 11.3. The number of ketones is 1. The fraction of sp³-hybridized carbons (Fsp3) is 0.667. The third-order valence-electron chi connectivity index (χ3n) is 2.59. The number of carbonyl (C=O) groups excluding carboxylic acids is 1. The molecule has 0 aromatic heterocycles. The lowest BCUT2D eigenvalue weighted by Gasteiger charge is -2.38. The molecule has 66 valence electrons. The van der Waals surface area contributed by atoms with Crippen molar-refractivity contribution in [3.8, 4) is 0 Å². The summed E-state index contributed by atoms with van der Waals surface area (Å²) in [6.45, 7) is 3.59. The summed E-state index contributed by atoms with van der Waals surface area (Å²) in [7, 11) is 0. The maximum absolute atomic E-state index is 11.3. The van der Waals surface area contributed by atoms with Crippen molar-refractivity contribution in [1.82, 2.24) is 0 Å². The zero-order valence-electron chi connectivity index (χ0n) is 7.20. The molecule has 2 heterocycles. The second-order valence-electron chi connectivity index (χ2n) is 3.98. The van der Waals surface area contributed by atoms with Gasteiger partial charge < -0.3 is 9.84 Å². The molecule has 2 bridgehead atoms. The molecule has 0 radical (unpaired) electrons. The van der Waals surface area contributed by atoms with Crippen molar-refractivity contribution in [2.45, 2.75) is 37.6 Å². The SMILES string of the molecule is C[C@]12C=C[C@](C)(O1)[C@@H](O)C(=O)C2. The number of aliphatic hydroxyl groups excluding tert-OH is 1. The van der Waals surface area contributed by atoms with Crippen LogP contribution in [0.15, 0.2) is 12.2 Å². The van der Waals surface area contributed by atoms with E-state index in [1.54, 1.807) is 13.0 Å². The zero-order valence-corrected chi connectivity index (χ0v) is 7.20. The lowest BCUT2D eigenvalue weighted by Crippen LogP contribution is -2.53. The highest BCUT2D eigenvalue weighted by atomic mass is 16.5. The Morgan fingerprint density at radius 1 is 1.58 bits per heavy atom. The first-order chi connectivity index (χ1) is 5.45. The molecule has 0 aromatic carbocycles. The predicted molar refractivity (Wildman–Crippen MR) is 42.7 cm³/mol. The minimum Gasteiger partial charge on any atom is -0.382 e. The van der Waals surface area contributed by atoms with Crippen LogP contribution in [-0.2, 0) is 9.53 Å². The summed E-state index contributed by atoms with van der Waals surface area (Å²) in [5, 5.41) is 9.51. The average Bonchev–Trinajstić information content (AvgIpc) is 2.22. The van der Waals surface area contributed by atoms with Crippen LogP contribution in [-0.4, -0.2) is 28.2 Å². The molecule has 0 unspecified atom stereocenters. The van der Waals surface area contributed by atoms with Gasteiger partial charge in [0.1, 0.15) is 11.7 Å². The third kappa shape index (κ3) is 0.867. The third-order valence-corrected chi connectivity index (χ3v) is 2.59. The molecule has 2 rings (SSSR count). The molecule has 12 heavy (non-hydrogen) atoms. The smallest absolute Gasteiger partial charge is 0.167 e. The normalized spacial score (nSPS) is 51.6. The summed E-state index contributed by atoms with van der Waals surface area (Å²) in [6, 6.07) is 0. The molecule has 0 amide bonds. The molecule has 0 aromatic rings. The van der Waals surface area contributed by atoms with Gasteiger partial charge in [0.25, 0.3) is 0 Å². The molecular weight excluding hydrogens is 156 g/mol. The van der Waals surface area contributed by atoms with E-state index in [-0.39, 0.29) is 12.2 Å². The van der Waals surface area contributed by atoms with Crippen molar-refractivity contribution in [1.29, 1.82) is 0 Å². The van der Waals surface area contributed by atoms with Gasteiger partial charge >= 0.3 is 0 Å². The fourth-order valence-corrected chi connectivity index (χ4v) is 1.92. The van der Waals surface area contributed by atoms with Crippen LogP contribution in [0.1, 0.15) is 20.3 Å². The monoisotopic (exact) mass is 168 g/mol. The molecule has 0 saturated carbocycles. The van der Waals surface area contributed by atoms with Gasteiger partial charge in [-0.3, -0.25) is 4.79 Å². The first-order valence-corrected chi connectivity index (χ1v) is 4.07. The number of aliphatic hydroxyl groups is 1. The van der Waals surface area contributed by atoms with E-state index in [0.29, 0.717) is 0 Å². The highest BCUT2D eigenvalue weighted by molar-refractivity contribution is 5.87. The van der Waals surface area contributed by atoms with Crippen molar-refractivity contribution < 1.29 is 14.6 Å². The van der Waals surface area contributed by atoms with E-state index < -0.39 is 17.3 Å². The minimum absolute atomic E-state index is 0.128. The highest BCUT2D eigenvalue weighted by Crippen LogP contribution is 2.40. The summed E-state index contributed by atoms with van der Waals surface area (Å²) in [5.74, 6) is -0.128. The molecule has 3 heteroatoms. The van der Waals surface area contributed by atoms with Gasteiger partial charge in [0.2, 0.25) is 0 Å². The van der Waals surface area contributed by atoms with Gasteiger partial charge in [0, 0.05) is 6.42 Å². The number of rotatable bonds is 0. The molecule has 2 aliphatic heterocycles. The second kappa shape index (κ2) is 1.98. The summed E-state index contributed by atoms with van der Waals surface area (Å²) < 4.78 is 5.57. The summed E-state index contributed by atoms with van der Waals surface area (Å²) in [5.41, 5.74) is -1.27. The quantitative estimate of drug-likeness (QED) is 0.533. The Morgan fingerprint density at radius 3 is 2.92 bits per heavy atom. The van der Waals surface area contributed by atoms with E-state index in [2.05, 4.69) is 0 Å². The van der Waals surface area contributed by atoms with Crippen molar-refractivity contribution >= 4 is 5.78 Å². The topological polar surface area (TPSA) is 46.5 Å². The van der Waals surface area contributed by atoms with Gasteiger partial charge in [-0.25, -0.2) is 0 Å².